The van der Waals surface area contributed by atoms with Gasteiger partial charge in [-0.2, -0.15) is 0 Å². The average molecular weight is 252 g/mol. The summed E-state index contributed by atoms with van der Waals surface area (Å²) in [5.41, 5.74) is 0. The van der Waals surface area contributed by atoms with Gasteiger partial charge in [0.05, 0.1) is 6.61 Å². The number of carbonyl (C=O) groups is 1. The fourth-order valence-corrected chi connectivity index (χ4v) is 2.80. The van der Waals surface area contributed by atoms with Crippen LogP contribution >= 0.6 is 0 Å². The summed E-state index contributed by atoms with van der Waals surface area (Å²) in [5, 5.41) is 8.95. The molecule has 1 saturated heterocycles. The number of aliphatic hydroxyl groups is 1. The quantitative estimate of drug-likeness (QED) is 0.755. The molecule has 102 valence electrons. The Balaban J connectivity index is 1.77. The summed E-state index contributed by atoms with van der Waals surface area (Å²) < 4.78 is 0. The minimum atomic E-state index is 0.209. The number of hydrogen-bond acceptors (Lipinski definition) is 3. The zero-order chi connectivity index (χ0) is 12.8. The van der Waals surface area contributed by atoms with Crippen molar-refractivity contribution in [2.75, 3.05) is 39.3 Å². The maximum Gasteiger partial charge on any atom is 0.223 e. The molecule has 0 saturated carbocycles. The van der Waals surface area contributed by atoms with Crippen molar-refractivity contribution in [3.63, 3.8) is 0 Å². The van der Waals surface area contributed by atoms with Gasteiger partial charge < -0.3 is 10.0 Å². The molecule has 0 radical (unpaired) electrons. The highest BCUT2D eigenvalue weighted by Crippen LogP contribution is 2.21. The Morgan fingerprint density at radius 2 is 2.17 bits per heavy atom. The van der Waals surface area contributed by atoms with E-state index in [0.717, 1.165) is 52.0 Å². The predicted octanol–water partition coefficient (Wildman–Crippen LogP) is 0.869. The predicted molar refractivity (Wildman–Crippen MR) is 71.2 cm³/mol. The van der Waals surface area contributed by atoms with Crippen LogP contribution in [-0.4, -0.2) is 60.1 Å². The van der Waals surface area contributed by atoms with Gasteiger partial charge in [0.2, 0.25) is 5.91 Å². The third-order valence-corrected chi connectivity index (χ3v) is 3.91. The molecule has 1 aliphatic heterocycles. The lowest BCUT2D eigenvalue weighted by atomic mass is 10.0. The maximum atomic E-state index is 12.2. The second kappa shape index (κ2) is 6.90. The number of aliphatic hydroxyl groups excluding tert-OH is 1. The van der Waals surface area contributed by atoms with Gasteiger partial charge in [-0.3, -0.25) is 9.69 Å². The number of carbonyl (C=O) groups excluding carboxylic acids is 1. The summed E-state index contributed by atoms with van der Waals surface area (Å²) in [5.74, 6) is 0.770. The molecule has 1 fully saturated rings. The Bertz CT molecular complexity index is 304. The van der Waals surface area contributed by atoms with E-state index in [4.69, 9.17) is 5.11 Å². The summed E-state index contributed by atoms with van der Waals surface area (Å²) >= 11 is 0. The van der Waals surface area contributed by atoms with E-state index in [9.17, 15) is 4.79 Å². The molecule has 2 aliphatic rings. The van der Waals surface area contributed by atoms with Crippen molar-refractivity contribution in [1.82, 2.24) is 9.80 Å². The van der Waals surface area contributed by atoms with Gasteiger partial charge in [0.25, 0.3) is 0 Å². The smallest absolute Gasteiger partial charge is 0.223 e. The molecule has 18 heavy (non-hydrogen) atoms. The van der Waals surface area contributed by atoms with Crippen molar-refractivity contribution in [1.29, 1.82) is 0 Å². The van der Waals surface area contributed by atoms with Crippen molar-refractivity contribution in [3.8, 4) is 0 Å². The van der Waals surface area contributed by atoms with Crippen molar-refractivity contribution in [2.45, 2.75) is 25.7 Å². The maximum absolute atomic E-state index is 12.2. The SMILES string of the molecule is O=C(CC1C=CCC1)N1CCCN(CCO)CC1. The minimum absolute atomic E-state index is 0.209. The number of hydrogen-bond donors (Lipinski definition) is 1. The van der Waals surface area contributed by atoms with Crippen LogP contribution in [-0.2, 0) is 4.79 Å². The number of amides is 1. The van der Waals surface area contributed by atoms with E-state index in [2.05, 4.69) is 17.1 Å². The van der Waals surface area contributed by atoms with Crippen molar-refractivity contribution in [3.05, 3.63) is 12.2 Å². The van der Waals surface area contributed by atoms with Gasteiger partial charge >= 0.3 is 0 Å². The third-order valence-electron chi connectivity index (χ3n) is 3.91. The molecule has 4 nitrogen and oxygen atoms in total. The lowest BCUT2D eigenvalue weighted by Gasteiger charge is -2.22. The van der Waals surface area contributed by atoms with E-state index in [0.29, 0.717) is 18.2 Å². The molecular weight excluding hydrogens is 228 g/mol. The van der Waals surface area contributed by atoms with Crippen LogP contribution in [0.25, 0.3) is 0 Å². The molecule has 1 N–H and O–H groups in total. The van der Waals surface area contributed by atoms with Gasteiger partial charge in [0.15, 0.2) is 0 Å². The topological polar surface area (TPSA) is 43.8 Å². The van der Waals surface area contributed by atoms with E-state index in [-0.39, 0.29) is 6.61 Å². The Morgan fingerprint density at radius 3 is 2.89 bits per heavy atom. The fraction of sp³-hybridized carbons (Fsp3) is 0.786. The van der Waals surface area contributed by atoms with Crippen LogP contribution in [0.4, 0.5) is 0 Å². The average Bonchev–Trinajstić information content (AvgIpc) is 2.74. The highest BCUT2D eigenvalue weighted by Gasteiger charge is 2.21. The molecule has 1 aliphatic carbocycles. The fourth-order valence-electron chi connectivity index (χ4n) is 2.80. The lowest BCUT2D eigenvalue weighted by Crippen LogP contribution is -2.36. The number of β-amino-alcohol motifs (C(OH)–C–C–N with tert-alkyl or cyclic N) is 1. The zero-order valence-electron chi connectivity index (χ0n) is 11.1. The molecule has 0 aromatic rings. The lowest BCUT2D eigenvalue weighted by molar-refractivity contribution is -0.131. The second-order valence-electron chi connectivity index (χ2n) is 5.27. The number of allylic oxidation sites excluding steroid dienone is 2. The first kappa shape index (κ1) is 13.6. The Kier molecular flexibility index (Phi) is 5.20. The summed E-state index contributed by atoms with van der Waals surface area (Å²) in [7, 11) is 0. The monoisotopic (exact) mass is 252 g/mol. The molecule has 4 heteroatoms. The molecule has 0 aromatic heterocycles. The molecule has 0 bridgehead atoms. The number of nitrogens with zero attached hydrogens (tertiary/aromatic N) is 2. The molecule has 1 amide bonds. The second-order valence-corrected chi connectivity index (χ2v) is 5.27. The van der Waals surface area contributed by atoms with Gasteiger partial charge in [0, 0.05) is 32.6 Å². The van der Waals surface area contributed by atoms with E-state index < -0.39 is 0 Å². The normalized spacial score (nSPS) is 25.4. The standard InChI is InChI=1S/C14H24N2O2/c17-11-10-15-6-3-7-16(9-8-15)14(18)12-13-4-1-2-5-13/h1,4,13,17H,2-3,5-12H2. The first-order valence-corrected chi connectivity index (χ1v) is 7.07. The van der Waals surface area contributed by atoms with Gasteiger partial charge in [-0.25, -0.2) is 0 Å². The zero-order valence-corrected chi connectivity index (χ0v) is 11.1. The Hall–Kier alpha value is -0.870. The van der Waals surface area contributed by atoms with Crippen LogP contribution in [0.15, 0.2) is 12.2 Å². The summed E-state index contributed by atoms with van der Waals surface area (Å²) in [6.45, 7) is 4.52. The summed E-state index contributed by atoms with van der Waals surface area (Å²) in [4.78, 5) is 16.4. The third kappa shape index (κ3) is 3.82. The van der Waals surface area contributed by atoms with Crippen LogP contribution in [0.2, 0.25) is 0 Å². The van der Waals surface area contributed by atoms with Crippen molar-refractivity contribution >= 4 is 5.91 Å². The van der Waals surface area contributed by atoms with E-state index in [1.54, 1.807) is 0 Å². The molecule has 2 rings (SSSR count). The van der Waals surface area contributed by atoms with E-state index >= 15 is 0 Å². The molecule has 0 spiro atoms. The molecular formula is C14H24N2O2. The van der Waals surface area contributed by atoms with Gasteiger partial charge in [-0.05, 0) is 31.7 Å². The van der Waals surface area contributed by atoms with E-state index in [1.807, 2.05) is 4.90 Å². The van der Waals surface area contributed by atoms with Crippen molar-refractivity contribution in [2.24, 2.45) is 5.92 Å². The van der Waals surface area contributed by atoms with Gasteiger partial charge in [-0.1, -0.05) is 12.2 Å². The van der Waals surface area contributed by atoms with Crippen LogP contribution < -0.4 is 0 Å². The first-order valence-electron chi connectivity index (χ1n) is 7.07. The van der Waals surface area contributed by atoms with E-state index in [1.165, 1.54) is 0 Å². The van der Waals surface area contributed by atoms with Crippen LogP contribution in [0, 0.1) is 5.92 Å². The Labute approximate surface area is 109 Å². The van der Waals surface area contributed by atoms with Gasteiger partial charge in [-0.15, -0.1) is 0 Å². The van der Waals surface area contributed by atoms with Crippen LogP contribution in [0.3, 0.4) is 0 Å². The Morgan fingerprint density at radius 1 is 1.28 bits per heavy atom. The number of rotatable bonds is 4. The largest absolute Gasteiger partial charge is 0.395 e. The summed E-state index contributed by atoms with van der Waals surface area (Å²) in [6, 6.07) is 0. The van der Waals surface area contributed by atoms with Crippen LogP contribution in [0.5, 0.6) is 0 Å². The molecule has 0 aromatic carbocycles. The highest BCUT2D eigenvalue weighted by atomic mass is 16.3. The van der Waals surface area contributed by atoms with Crippen LogP contribution in [0.1, 0.15) is 25.7 Å². The molecule has 1 heterocycles. The molecule has 1 atom stereocenters. The van der Waals surface area contributed by atoms with Gasteiger partial charge in [0.1, 0.15) is 0 Å². The first-order chi connectivity index (χ1) is 8.79. The summed E-state index contributed by atoms with van der Waals surface area (Å²) in [6.07, 6.45) is 8.33. The highest BCUT2D eigenvalue weighted by molar-refractivity contribution is 5.76. The molecule has 1 unspecified atom stereocenters. The minimum Gasteiger partial charge on any atom is -0.395 e. The van der Waals surface area contributed by atoms with Crippen molar-refractivity contribution < 1.29 is 9.90 Å².